The van der Waals surface area contributed by atoms with Crippen LogP contribution in [0.2, 0.25) is 0 Å². The Kier molecular flexibility index (Phi) is 10.0. The number of halogens is 1. The van der Waals surface area contributed by atoms with Crippen LogP contribution in [0.1, 0.15) is 37.8 Å². The van der Waals surface area contributed by atoms with Crippen molar-refractivity contribution in [2.75, 3.05) is 17.4 Å². The third kappa shape index (κ3) is 7.41. The number of nitrogens with zero attached hydrogens (tertiary/aromatic N) is 2. The van der Waals surface area contributed by atoms with Crippen LogP contribution < -0.4 is 9.62 Å². The summed E-state index contributed by atoms with van der Waals surface area (Å²) >= 11 is 0. The minimum Gasteiger partial charge on any atom is -0.354 e. The Morgan fingerprint density at radius 1 is 0.947 bits per heavy atom. The second kappa shape index (κ2) is 13.2. The first-order chi connectivity index (χ1) is 18.1. The molecule has 0 spiro atoms. The molecule has 1 atom stereocenters. The van der Waals surface area contributed by atoms with E-state index in [1.165, 1.54) is 41.3 Å². The van der Waals surface area contributed by atoms with Gasteiger partial charge in [-0.1, -0.05) is 61.4 Å². The molecule has 1 N–H and O–H groups in total. The summed E-state index contributed by atoms with van der Waals surface area (Å²) < 4.78 is 41.9. The molecule has 9 heteroatoms. The Labute approximate surface area is 224 Å². The van der Waals surface area contributed by atoms with Crippen LogP contribution >= 0.6 is 0 Å². The molecule has 3 rings (SSSR count). The van der Waals surface area contributed by atoms with Crippen molar-refractivity contribution >= 4 is 27.5 Å². The Morgan fingerprint density at radius 3 is 2.18 bits per heavy atom. The molecular weight excluding hydrogens is 505 g/mol. The zero-order valence-corrected chi connectivity index (χ0v) is 22.7. The van der Waals surface area contributed by atoms with E-state index in [1.807, 2.05) is 13.8 Å². The van der Waals surface area contributed by atoms with Crippen molar-refractivity contribution in [1.29, 1.82) is 0 Å². The molecule has 0 saturated carbocycles. The van der Waals surface area contributed by atoms with E-state index in [2.05, 4.69) is 5.32 Å². The number of amides is 2. The molecule has 202 valence electrons. The largest absolute Gasteiger partial charge is 0.354 e. The van der Waals surface area contributed by atoms with Gasteiger partial charge >= 0.3 is 0 Å². The first-order valence-electron chi connectivity index (χ1n) is 12.6. The van der Waals surface area contributed by atoms with E-state index >= 15 is 0 Å². The zero-order valence-electron chi connectivity index (χ0n) is 21.9. The van der Waals surface area contributed by atoms with Gasteiger partial charge in [0.25, 0.3) is 10.0 Å². The van der Waals surface area contributed by atoms with Gasteiger partial charge in [-0.05, 0) is 62.2 Å². The molecule has 0 aromatic heterocycles. The predicted octanol–water partition coefficient (Wildman–Crippen LogP) is 4.66. The number of carbonyl (C=O) groups is 2. The maximum absolute atomic E-state index is 13.8. The van der Waals surface area contributed by atoms with Crippen LogP contribution in [0.15, 0.2) is 83.8 Å². The molecule has 38 heavy (non-hydrogen) atoms. The number of aryl methyl sites for hydroxylation is 1. The maximum Gasteiger partial charge on any atom is 0.264 e. The minimum absolute atomic E-state index is 0.00853. The van der Waals surface area contributed by atoms with Gasteiger partial charge in [0, 0.05) is 13.1 Å². The fourth-order valence-electron chi connectivity index (χ4n) is 3.86. The van der Waals surface area contributed by atoms with Gasteiger partial charge in [-0.2, -0.15) is 0 Å². The van der Waals surface area contributed by atoms with Crippen LogP contribution in [0, 0.1) is 12.7 Å². The average Bonchev–Trinajstić information content (AvgIpc) is 2.92. The third-order valence-corrected chi connectivity index (χ3v) is 7.98. The molecule has 3 aromatic rings. The topological polar surface area (TPSA) is 86.8 Å². The molecule has 0 unspecified atom stereocenters. The molecule has 0 saturated heterocycles. The highest BCUT2D eigenvalue weighted by atomic mass is 32.2. The van der Waals surface area contributed by atoms with Crippen LogP contribution in [0.25, 0.3) is 0 Å². The molecule has 0 heterocycles. The molecule has 0 aliphatic carbocycles. The second-order valence-corrected chi connectivity index (χ2v) is 11.0. The first kappa shape index (κ1) is 28.8. The molecule has 3 aromatic carbocycles. The van der Waals surface area contributed by atoms with Crippen molar-refractivity contribution in [3.8, 4) is 0 Å². The molecule has 0 aliphatic heterocycles. The molecular formula is C29H34FN3O4S. The lowest BCUT2D eigenvalue weighted by atomic mass is 10.1. The van der Waals surface area contributed by atoms with Crippen molar-refractivity contribution < 1.29 is 22.4 Å². The molecule has 7 nitrogen and oxygen atoms in total. The van der Waals surface area contributed by atoms with Gasteiger partial charge in [0.2, 0.25) is 11.8 Å². The third-order valence-electron chi connectivity index (χ3n) is 6.20. The molecule has 2 amide bonds. The fourth-order valence-corrected chi connectivity index (χ4v) is 5.30. The molecule has 0 radical (unpaired) electrons. The highest BCUT2D eigenvalue weighted by molar-refractivity contribution is 7.92. The summed E-state index contributed by atoms with van der Waals surface area (Å²) in [6.07, 6.45) is 1.69. The fraction of sp³-hybridized carbons (Fsp3) is 0.310. The van der Waals surface area contributed by atoms with E-state index in [1.54, 1.807) is 49.4 Å². The number of carbonyl (C=O) groups excluding carboxylic acids is 2. The summed E-state index contributed by atoms with van der Waals surface area (Å²) in [4.78, 5) is 28.1. The van der Waals surface area contributed by atoms with E-state index in [0.29, 0.717) is 17.8 Å². The van der Waals surface area contributed by atoms with Crippen molar-refractivity contribution in [2.24, 2.45) is 0 Å². The highest BCUT2D eigenvalue weighted by Crippen LogP contribution is 2.25. The number of sulfonamides is 1. The monoisotopic (exact) mass is 539 g/mol. The Bertz CT molecular complexity index is 1310. The lowest BCUT2D eigenvalue weighted by molar-refractivity contribution is -0.139. The van der Waals surface area contributed by atoms with Gasteiger partial charge in [-0.3, -0.25) is 13.9 Å². The number of hydrogen-bond acceptors (Lipinski definition) is 4. The van der Waals surface area contributed by atoms with Crippen LogP contribution in [0.3, 0.4) is 0 Å². The number of nitrogens with one attached hydrogen (secondary N) is 1. The number of rotatable bonds is 12. The number of benzene rings is 3. The summed E-state index contributed by atoms with van der Waals surface area (Å²) in [6, 6.07) is 19.5. The van der Waals surface area contributed by atoms with E-state index in [0.717, 1.165) is 22.7 Å². The lowest BCUT2D eigenvalue weighted by Crippen LogP contribution is -2.51. The van der Waals surface area contributed by atoms with E-state index in [-0.39, 0.29) is 17.3 Å². The standard InChI is InChI=1S/C29H34FN3O4S/c1-4-5-19-31-29(35)23(3)32(20-24-13-15-25(30)16-14-24)28(34)21-33(26-17-11-22(2)12-18-26)38(36,37)27-9-7-6-8-10-27/h6-18,23H,4-5,19-21H2,1-3H3,(H,31,35)/t23-/m1/s1. The second-order valence-electron chi connectivity index (χ2n) is 9.13. The van der Waals surface area contributed by atoms with Crippen molar-refractivity contribution in [1.82, 2.24) is 10.2 Å². The summed E-state index contributed by atoms with van der Waals surface area (Å²) in [7, 11) is -4.10. The van der Waals surface area contributed by atoms with Crippen LogP contribution in [0.5, 0.6) is 0 Å². The highest BCUT2D eigenvalue weighted by Gasteiger charge is 2.32. The Morgan fingerprint density at radius 2 is 1.58 bits per heavy atom. The van der Waals surface area contributed by atoms with Crippen LogP contribution in [-0.2, 0) is 26.2 Å². The van der Waals surface area contributed by atoms with Crippen LogP contribution in [0.4, 0.5) is 10.1 Å². The Balaban J connectivity index is 1.97. The van der Waals surface area contributed by atoms with Gasteiger partial charge < -0.3 is 10.2 Å². The van der Waals surface area contributed by atoms with Gasteiger partial charge in [0.15, 0.2) is 0 Å². The smallest absolute Gasteiger partial charge is 0.264 e. The number of unbranched alkanes of at least 4 members (excludes halogenated alkanes) is 1. The zero-order chi connectivity index (χ0) is 27.7. The summed E-state index contributed by atoms with van der Waals surface area (Å²) in [5.41, 5.74) is 1.88. The van der Waals surface area contributed by atoms with Crippen molar-refractivity contribution in [3.63, 3.8) is 0 Å². The van der Waals surface area contributed by atoms with Crippen LogP contribution in [-0.4, -0.2) is 44.3 Å². The normalized spacial score (nSPS) is 12.0. The van der Waals surface area contributed by atoms with Gasteiger partial charge in [0.05, 0.1) is 10.6 Å². The predicted molar refractivity (Wildman–Crippen MR) is 146 cm³/mol. The molecule has 0 aliphatic rings. The number of hydrogen-bond donors (Lipinski definition) is 1. The lowest BCUT2D eigenvalue weighted by Gasteiger charge is -2.32. The van der Waals surface area contributed by atoms with Gasteiger partial charge in [0.1, 0.15) is 18.4 Å². The molecule has 0 bridgehead atoms. The average molecular weight is 540 g/mol. The Hall–Kier alpha value is -3.72. The number of anilines is 1. The van der Waals surface area contributed by atoms with E-state index in [9.17, 15) is 22.4 Å². The van der Waals surface area contributed by atoms with Gasteiger partial charge in [-0.25, -0.2) is 12.8 Å². The van der Waals surface area contributed by atoms with Crippen molar-refractivity contribution in [3.05, 3.63) is 95.8 Å². The first-order valence-corrected chi connectivity index (χ1v) is 14.0. The van der Waals surface area contributed by atoms with Crippen molar-refractivity contribution in [2.45, 2.75) is 51.1 Å². The summed E-state index contributed by atoms with van der Waals surface area (Å²) in [5, 5.41) is 2.84. The van der Waals surface area contributed by atoms with E-state index < -0.39 is 34.3 Å². The van der Waals surface area contributed by atoms with E-state index in [4.69, 9.17) is 0 Å². The van der Waals surface area contributed by atoms with Gasteiger partial charge in [-0.15, -0.1) is 0 Å². The molecule has 0 fully saturated rings. The SMILES string of the molecule is CCCCNC(=O)[C@@H](C)N(Cc1ccc(F)cc1)C(=O)CN(c1ccc(C)cc1)S(=O)(=O)c1ccccc1. The summed E-state index contributed by atoms with van der Waals surface area (Å²) in [5.74, 6) is -1.33. The maximum atomic E-state index is 13.8. The minimum atomic E-state index is -4.10. The quantitative estimate of drug-likeness (QED) is 0.339. The summed E-state index contributed by atoms with van der Waals surface area (Å²) in [6.45, 7) is 5.45.